The normalized spacial score (nSPS) is 10.4. The maximum absolute atomic E-state index is 12.3. The van der Waals surface area contributed by atoms with Crippen LogP contribution in [0.1, 0.15) is 17.3 Å². The molecule has 2 heterocycles. The number of aromatic nitrogens is 3. The van der Waals surface area contributed by atoms with Crippen LogP contribution in [0.15, 0.2) is 47.2 Å². The van der Waals surface area contributed by atoms with E-state index in [0.717, 1.165) is 0 Å². The Bertz CT molecular complexity index is 834. The molecule has 0 amide bonds. The van der Waals surface area contributed by atoms with E-state index < -0.39 is 5.97 Å². The lowest BCUT2D eigenvalue weighted by atomic mass is 10.1. The molecule has 0 saturated heterocycles. The summed E-state index contributed by atoms with van der Waals surface area (Å²) >= 11 is 5.90. The number of hydrogen-bond acceptors (Lipinski definition) is 7. The minimum Gasteiger partial charge on any atom is -0.462 e. The van der Waals surface area contributed by atoms with Crippen molar-refractivity contribution in [2.75, 3.05) is 11.9 Å². The Kier molecular flexibility index (Phi) is 4.72. The zero-order chi connectivity index (χ0) is 16.9. The third-order valence-electron chi connectivity index (χ3n) is 3.08. The number of esters is 1. The molecule has 1 N–H and O–H groups in total. The number of nitrogens with zero attached hydrogens (tertiary/aromatic N) is 3. The molecule has 1 aromatic carbocycles. The summed E-state index contributed by atoms with van der Waals surface area (Å²) in [4.78, 5) is 20.4. The SMILES string of the molecule is CCOC(=O)c1c(-c2ccc(Cl)cc2)noc1Nc1ncccn1. The molecule has 7 nitrogen and oxygen atoms in total. The van der Waals surface area contributed by atoms with Crippen molar-refractivity contribution in [1.29, 1.82) is 0 Å². The molecule has 2 aromatic heterocycles. The second-order valence-electron chi connectivity index (χ2n) is 4.66. The average molecular weight is 345 g/mol. The van der Waals surface area contributed by atoms with Crippen molar-refractivity contribution in [3.8, 4) is 11.3 Å². The van der Waals surface area contributed by atoms with Crippen molar-refractivity contribution in [2.24, 2.45) is 0 Å². The van der Waals surface area contributed by atoms with E-state index in [2.05, 4.69) is 20.4 Å². The van der Waals surface area contributed by atoms with Crippen molar-refractivity contribution in [2.45, 2.75) is 6.92 Å². The molecular weight excluding hydrogens is 332 g/mol. The molecule has 0 aliphatic carbocycles. The van der Waals surface area contributed by atoms with Gasteiger partial charge in [-0.05, 0) is 25.1 Å². The number of ether oxygens (including phenoxy) is 1. The van der Waals surface area contributed by atoms with Crippen LogP contribution in [0, 0.1) is 0 Å². The molecule has 0 atom stereocenters. The van der Waals surface area contributed by atoms with Crippen molar-refractivity contribution in [1.82, 2.24) is 15.1 Å². The lowest BCUT2D eigenvalue weighted by molar-refractivity contribution is 0.0528. The Morgan fingerprint density at radius 1 is 1.25 bits per heavy atom. The van der Waals surface area contributed by atoms with Gasteiger partial charge in [0.2, 0.25) is 11.8 Å². The van der Waals surface area contributed by atoms with E-state index in [4.69, 9.17) is 20.9 Å². The predicted molar refractivity (Wildman–Crippen MR) is 88.2 cm³/mol. The first-order valence-electron chi connectivity index (χ1n) is 7.15. The largest absolute Gasteiger partial charge is 0.462 e. The van der Waals surface area contributed by atoms with Crippen molar-refractivity contribution >= 4 is 29.4 Å². The monoisotopic (exact) mass is 344 g/mol. The number of benzene rings is 1. The lowest BCUT2D eigenvalue weighted by Gasteiger charge is -2.05. The van der Waals surface area contributed by atoms with Gasteiger partial charge in [0.1, 0.15) is 5.69 Å². The fourth-order valence-corrected chi connectivity index (χ4v) is 2.16. The van der Waals surface area contributed by atoms with E-state index >= 15 is 0 Å². The molecular formula is C16H13ClN4O3. The van der Waals surface area contributed by atoms with Gasteiger partial charge in [-0.3, -0.25) is 5.32 Å². The fraction of sp³-hybridized carbons (Fsp3) is 0.125. The number of halogens is 1. The van der Waals surface area contributed by atoms with Gasteiger partial charge in [0.25, 0.3) is 0 Å². The summed E-state index contributed by atoms with van der Waals surface area (Å²) in [5.74, 6) is -0.159. The lowest BCUT2D eigenvalue weighted by Crippen LogP contribution is -2.08. The van der Waals surface area contributed by atoms with Crippen LogP contribution in [-0.2, 0) is 4.74 Å². The molecule has 0 unspecified atom stereocenters. The molecule has 8 heteroatoms. The van der Waals surface area contributed by atoms with Crippen LogP contribution in [0.3, 0.4) is 0 Å². The highest BCUT2D eigenvalue weighted by Gasteiger charge is 2.26. The average Bonchev–Trinajstić information content (AvgIpc) is 3.00. The smallest absolute Gasteiger partial charge is 0.346 e. The summed E-state index contributed by atoms with van der Waals surface area (Å²) in [6.45, 7) is 1.95. The Balaban J connectivity index is 2.03. The van der Waals surface area contributed by atoms with Crippen LogP contribution in [-0.4, -0.2) is 27.7 Å². The zero-order valence-electron chi connectivity index (χ0n) is 12.7. The molecule has 0 radical (unpaired) electrons. The molecule has 122 valence electrons. The summed E-state index contributed by atoms with van der Waals surface area (Å²) in [5.41, 5.74) is 1.20. The Labute approximate surface area is 142 Å². The third kappa shape index (κ3) is 3.36. The highest BCUT2D eigenvalue weighted by atomic mass is 35.5. The molecule has 0 aliphatic heterocycles. The van der Waals surface area contributed by atoms with Gasteiger partial charge in [0.15, 0.2) is 5.56 Å². The maximum Gasteiger partial charge on any atom is 0.346 e. The van der Waals surface area contributed by atoms with E-state index in [1.807, 2.05) is 0 Å². The van der Waals surface area contributed by atoms with Gasteiger partial charge >= 0.3 is 5.97 Å². The minimum absolute atomic E-state index is 0.115. The highest BCUT2D eigenvalue weighted by molar-refractivity contribution is 6.30. The number of carbonyl (C=O) groups is 1. The van der Waals surface area contributed by atoms with Crippen LogP contribution in [0.25, 0.3) is 11.3 Å². The van der Waals surface area contributed by atoms with Gasteiger partial charge in [-0.25, -0.2) is 14.8 Å². The van der Waals surface area contributed by atoms with Crippen molar-refractivity contribution < 1.29 is 14.1 Å². The van der Waals surface area contributed by atoms with Gasteiger partial charge in [0, 0.05) is 23.0 Å². The van der Waals surface area contributed by atoms with Crippen LogP contribution < -0.4 is 5.32 Å². The predicted octanol–water partition coefficient (Wildman–Crippen LogP) is 3.71. The van der Waals surface area contributed by atoms with Crippen molar-refractivity contribution in [3.63, 3.8) is 0 Å². The highest BCUT2D eigenvalue weighted by Crippen LogP contribution is 2.31. The van der Waals surface area contributed by atoms with Crippen molar-refractivity contribution in [3.05, 3.63) is 53.3 Å². The van der Waals surface area contributed by atoms with E-state index in [0.29, 0.717) is 16.3 Å². The standard InChI is InChI=1S/C16H13ClN4O3/c1-2-23-15(22)12-13(10-4-6-11(17)7-5-10)21-24-14(12)20-16-18-8-3-9-19-16/h3-9H,2H2,1H3,(H,18,19,20). The van der Waals surface area contributed by atoms with Crippen LogP contribution in [0.2, 0.25) is 5.02 Å². The maximum atomic E-state index is 12.3. The minimum atomic E-state index is -0.554. The first-order chi connectivity index (χ1) is 11.7. The second-order valence-corrected chi connectivity index (χ2v) is 5.10. The van der Waals surface area contributed by atoms with Gasteiger partial charge in [-0.15, -0.1) is 0 Å². The number of rotatable bonds is 5. The molecule has 0 aliphatic rings. The molecule has 24 heavy (non-hydrogen) atoms. The molecule has 0 fully saturated rings. The van der Waals surface area contributed by atoms with E-state index in [9.17, 15) is 4.79 Å². The van der Waals surface area contributed by atoms with Gasteiger partial charge in [-0.1, -0.05) is 28.9 Å². The second kappa shape index (κ2) is 7.10. The van der Waals surface area contributed by atoms with E-state index in [-0.39, 0.29) is 24.0 Å². The van der Waals surface area contributed by atoms with Crippen LogP contribution >= 0.6 is 11.6 Å². The number of anilines is 2. The summed E-state index contributed by atoms with van der Waals surface area (Å²) in [5, 5.41) is 7.39. The quantitative estimate of drug-likeness (QED) is 0.705. The van der Waals surface area contributed by atoms with Gasteiger partial charge in [0.05, 0.1) is 6.61 Å². The molecule has 0 saturated carbocycles. The molecule has 3 aromatic rings. The Morgan fingerprint density at radius 2 is 1.96 bits per heavy atom. The van der Waals surface area contributed by atoms with E-state index in [1.54, 1.807) is 49.6 Å². The topological polar surface area (TPSA) is 90.1 Å². The Morgan fingerprint density at radius 3 is 2.62 bits per heavy atom. The summed E-state index contributed by atoms with van der Waals surface area (Å²) in [7, 11) is 0. The Hall–Kier alpha value is -2.93. The molecule has 3 rings (SSSR count). The first kappa shape index (κ1) is 15.9. The van der Waals surface area contributed by atoms with Crippen LogP contribution in [0.5, 0.6) is 0 Å². The van der Waals surface area contributed by atoms with E-state index in [1.165, 1.54) is 0 Å². The zero-order valence-corrected chi connectivity index (χ0v) is 13.4. The first-order valence-corrected chi connectivity index (χ1v) is 7.53. The van der Waals surface area contributed by atoms with Gasteiger partial charge < -0.3 is 9.26 Å². The fourth-order valence-electron chi connectivity index (χ4n) is 2.04. The molecule has 0 spiro atoms. The number of hydrogen-bond donors (Lipinski definition) is 1. The van der Waals surface area contributed by atoms with Crippen LogP contribution in [0.4, 0.5) is 11.8 Å². The third-order valence-corrected chi connectivity index (χ3v) is 3.33. The van der Waals surface area contributed by atoms with Gasteiger partial charge in [-0.2, -0.15) is 0 Å². The summed E-state index contributed by atoms with van der Waals surface area (Å²) < 4.78 is 10.4. The number of carbonyl (C=O) groups excluding carboxylic acids is 1. The summed E-state index contributed by atoms with van der Waals surface area (Å²) in [6, 6.07) is 8.57. The summed E-state index contributed by atoms with van der Waals surface area (Å²) in [6.07, 6.45) is 3.13. The number of nitrogens with one attached hydrogen (secondary N) is 1. The molecule has 0 bridgehead atoms.